The number of carbonyl (C=O) groups excluding carboxylic acids is 1. The Balaban J connectivity index is 1.83. The lowest BCUT2D eigenvalue weighted by Crippen LogP contribution is -2.31. The Morgan fingerprint density at radius 3 is 2.71 bits per heavy atom. The molecule has 2 N–H and O–H groups in total. The van der Waals surface area contributed by atoms with Crippen molar-refractivity contribution in [1.29, 1.82) is 0 Å². The maximum absolute atomic E-state index is 12.7. The van der Waals surface area contributed by atoms with Gasteiger partial charge in [0.15, 0.2) is 12.3 Å². The normalized spacial score (nSPS) is 11.7. The van der Waals surface area contributed by atoms with Crippen LogP contribution in [0.2, 0.25) is 0 Å². The molecule has 0 radical (unpaired) electrons. The number of pyridine rings is 1. The van der Waals surface area contributed by atoms with Crippen molar-refractivity contribution < 1.29 is 22.7 Å². The lowest BCUT2D eigenvalue weighted by atomic mass is 10.1. The molecule has 11 heteroatoms. The number of rotatable bonds is 8. The summed E-state index contributed by atoms with van der Waals surface area (Å²) in [7, 11) is 3.73. The summed E-state index contributed by atoms with van der Waals surface area (Å²) in [6, 6.07) is 7.86. The van der Waals surface area contributed by atoms with Crippen LogP contribution in [0.25, 0.3) is 5.65 Å². The summed E-state index contributed by atoms with van der Waals surface area (Å²) >= 11 is 0. The van der Waals surface area contributed by atoms with Crippen molar-refractivity contribution >= 4 is 23.2 Å². The number of amides is 1. The van der Waals surface area contributed by atoms with E-state index < -0.39 is 18.7 Å². The van der Waals surface area contributed by atoms with Crippen molar-refractivity contribution in [2.24, 2.45) is 0 Å². The summed E-state index contributed by atoms with van der Waals surface area (Å²) in [6.45, 7) is 1.43. The minimum atomic E-state index is -4.53. The van der Waals surface area contributed by atoms with E-state index >= 15 is 0 Å². The molecular weight excluding hydrogens is 413 g/mol. The first-order chi connectivity index (χ1) is 14.6. The highest BCUT2D eigenvalue weighted by molar-refractivity contribution is 5.95. The second-order valence-electron chi connectivity index (χ2n) is 7.24. The van der Waals surface area contributed by atoms with Gasteiger partial charge in [-0.1, -0.05) is 6.07 Å². The number of benzene rings is 1. The number of fused-ring (bicyclic) bond motifs is 1. The van der Waals surface area contributed by atoms with E-state index in [0.717, 1.165) is 5.56 Å². The van der Waals surface area contributed by atoms with Crippen LogP contribution in [0, 0.1) is 6.92 Å². The molecule has 3 rings (SSSR count). The van der Waals surface area contributed by atoms with Gasteiger partial charge in [-0.2, -0.15) is 18.2 Å². The predicted molar refractivity (Wildman–Crippen MR) is 110 cm³/mol. The van der Waals surface area contributed by atoms with E-state index in [1.54, 1.807) is 16.8 Å². The smallest absolute Gasteiger partial charge is 0.422 e. The minimum Gasteiger partial charge on any atom is -0.482 e. The molecule has 0 saturated heterocycles. The van der Waals surface area contributed by atoms with Crippen molar-refractivity contribution in [3.8, 4) is 5.75 Å². The Hall–Kier alpha value is -3.34. The molecule has 0 atom stereocenters. The van der Waals surface area contributed by atoms with Gasteiger partial charge < -0.3 is 20.3 Å². The van der Waals surface area contributed by atoms with Gasteiger partial charge >= 0.3 is 6.18 Å². The number of alkyl halides is 3. The number of aryl methyl sites for hydroxylation is 1. The van der Waals surface area contributed by atoms with E-state index in [2.05, 4.69) is 20.7 Å². The SMILES string of the molecule is Cc1ccc2nc(Nc3ccc(C(=O)NCCN(C)C)cc3OCC(F)(F)F)nn2c1. The lowest BCUT2D eigenvalue weighted by Gasteiger charge is -2.15. The van der Waals surface area contributed by atoms with Crippen LogP contribution in [0.3, 0.4) is 0 Å². The van der Waals surface area contributed by atoms with Gasteiger partial charge in [-0.05, 0) is 50.8 Å². The highest BCUT2D eigenvalue weighted by atomic mass is 19.4. The topological polar surface area (TPSA) is 83.8 Å². The van der Waals surface area contributed by atoms with Gasteiger partial charge in [0.2, 0.25) is 5.95 Å². The fraction of sp³-hybridized carbons (Fsp3) is 0.350. The zero-order valence-corrected chi connectivity index (χ0v) is 17.3. The molecule has 0 fully saturated rings. The Labute approximate surface area is 177 Å². The van der Waals surface area contributed by atoms with E-state index in [1.807, 2.05) is 32.0 Å². The lowest BCUT2D eigenvalue weighted by molar-refractivity contribution is -0.153. The van der Waals surface area contributed by atoms with Gasteiger partial charge in [-0.25, -0.2) is 4.52 Å². The molecule has 0 unspecified atom stereocenters. The first-order valence-corrected chi connectivity index (χ1v) is 9.47. The summed E-state index contributed by atoms with van der Waals surface area (Å²) in [5.41, 5.74) is 1.94. The van der Waals surface area contributed by atoms with Crippen molar-refractivity contribution in [2.45, 2.75) is 13.1 Å². The maximum Gasteiger partial charge on any atom is 0.422 e. The molecule has 2 aromatic heterocycles. The third-order valence-electron chi connectivity index (χ3n) is 4.21. The van der Waals surface area contributed by atoms with Crippen molar-refractivity contribution in [3.05, 3.63) is 47.7 Å². The predicted octanol–water partition coefficient (Wildman–Crippen LogP) is 3.01. The van der Waals surface area contributed by atoms with E-state index in [4.69, 9.17) is 4.74 Å². The molecule has 2 heterocycles. The molecule has 0 aliphatic rings. The number of ether oxygens (including phenoxy) is 1. The van der Waals surface area contributed by atoms with Gasteiger partial charge in [0.1, 0.15) is 5.75 Å². The summed E-state index contributed by atoms with van der Waals surface area (Å²) in [4.78, 5) is 18.5. The number of nitrogens with one attached hydrogen (secondary N) is 2. The van der Waals surface area contributed by atoms with Crippen LogP contribution in [-0.2, 0) is 0 Å². The number of hydrogen-bond acceptors (Lipinski definition) is 6. The van der Waals surface area contributed by atoms with Gasteiger partial charge in [0.25, 0.3) is 5.91 Å². The number of aromatic nitrogens is 3. The number of hydrogen-bond donors (Lipinski definition) is 2. The summed E-state index contributed by atoms with van der Waals surface area (Å²) in [5.74, 6) is -0.357. The van der Waals surface area contributed by atoms with Crippen LogP contribution >= 0.6 is 0 Å². The molecule has 0 spiro atoms. The Bertz CT molecular complexity index is 1060. The van der Waals surface area contributed by atoms with Crippen LogP contribution in [0.5, 0.6) is 5.75 Å². The number of anilines is 2. The second-order valence-corrected chi connectivity index (χ2v) is 7.24. The summed E-state index contributed by atoms with van der Waals surface area (Å²) in [6.07, 6.45) is -2.75. The molecule has 1 amide bonds. The largest absolute Gasteiger partial charge is 0.482 e. The molecule has 31 heavy (non-hydrogen) atoms. The zero-order valence-electron chi connectivity index (χ0n) is 17.3. The molecule has 3 aromatic rings. The van der Waals surface area contributed by atoms with Crippen LogP contribution in [0.4, 0.5) is 24.8 Å². The standard InChI is InChI=1S/C20H23F3N6O2/c1-13-4-7-17-26-19(27-29(17)11-13)25-15-6-5-14(18(30)24-8-9-28(2)3)10-16(15)31-12-20(21,22)23/h4-7,10-11H,8-9,12H2,1-3H3,(H,24,30)(H,25,27). The van der Waals surface area contributed by atoms with E-state index in [9.17, 15) is 18.0 Å². The van der Waals surface area contributed by atoms with Gasteiger partial charge in [-0.15, -0.1) is 5.10 Å². The fourth-order valence-electron chi connectivity index (χ4n) is 2.70. The van der Waals surface area contributed by atoms with Crippen LogP contribution in [-0.4, -0.2) is 65.4 Å². The molecule has 8 nitrogen and oxygen atoms in total. The fourth-order valence-corrected chi connectivity index (χ4v) is 2.70. The molecule has 166 valence electrons. The van der Waals surface area contributed by atoms with Crippen LogP contribution in [0.15, 0.2) is 36.5 Å². The number of likely N-dealkylation sites (N-methyl/N-ethyl adjacent to an activating group) is 1. The van der Waals surface area contributed by atoms with Crippen molar-refractivity contribution in [3.63, 3.8) is 0 Å². The molecule has 0 aliphatic carbocycles. The summed E-state index contributed by atoms with van der Waals surface area (Å²) < 4.78 is 44.7. The monoisotopic (exact) mass is 436 g/mol. The van der Waals surface area contributed by atoms with Crippen molar-refractivity contribution in [1.82, 2.24) is 24.8 Å². The molecular formula is C20H23F3N6O2. The van der Waals surface area contributed by atoms with Crippen molar-refractivity contribution in [2.75, 3.05) is 39.1 Å². The number of nitrogens with zero attached hydrogens (tertiary/aromatic N) is 4. The first kappa shape index (κ1) is 22.3. The average molecular weight is 436 g/mol. The van der Waals surface area contributed by atoms with Crippen LogP contribution < -0.4 is 15.4 Å². The third-order valence-corrected chi connectivity index (χ3v) is 4.21. The first-order valence-electron chi connectivity index (χ1n) is 9.47. The maximum atomic E-state index is 12.7. The average Bonchev–Trinajstić information content (AvgIpc) is 3.07. The van der Waals surface area contributed by atoms with E-state index in [0.29, 0.717) is 18.7 Å². The van der Waals surface area contributed by atoms with Gasteiger partial charge in [0.05, 0.1) is 5.69 Å². The Morgan fingerprint density at radius 1 is 1.23 bits per heavy atom. The summed E-state index contributed by atoms with van der Waals surface area (Å²) in [5, 5.41) is 9.85. The minimum absolute atomic E-state index is 0.132. The molecule has 1 aromatic carbocycles. The van der Waals surface area contributed by atoms with Crippen LogP contribution in [0.1, 0.15) is 15.9 Å². The quantitative estimate of drug-likeness (QED) is 0.565. The second kappa shape index (κ2) is 9.21. The number of halogens is 3. The Morgan fingerprint density at radius 2 is 2.00 bits per heavy atom. The third kappa shape index (κ3) is 6.32. The zero-order chi connectivity index (χ0) is 22.6. The highest BCUT2D eigenvalue weighted by Gasteiger charge is 2.29. The van der Waals surface area contributed by atoms with Gasteiger partial charge in [-0.3, -0.25) is 4.79 Å². The van der Waals surface area contributed by atoms with Gasteiger partial charge in [0, 0.05) is 24.8 Å². The molecule has 0 bridgehead atoms. The number of carbonyl (C=O) groups is 1. The van der Waals surface area contributed by atoms with E-state index in [1.165, 1.54) is 18.2 Å². The molecule has 0 aliphatic heterocycles. The Kier molecular flexibility index (Phi) is 6.64. The highest BCUT2D eigenvalue weighted by Crippen LogP contribution is 2.30. The molecule has 0 saturated carbocycles. The van der Waals surface area contributed by atoms with E-state index in [-0.39, 0.29) is 22.9 Å².